The zero-order chi connectivity index (χ0) is 15.0. The van der Waals surface area contributed by atoms with E-state index in [-0.39, 0.29) is 0 Å². The van der Waals surface area contributed by atoms with Gasteiger partial charge in [0.2, 0.25) is 10.0 Å². The third kappa shape index (κ3) is 2.87. The fourth-order valence-corrected chi connectivity index (χ4v) is 4.94. The van der Waals surface area contributed by atoms with Gasteiger partial charge in [-0.05, 0) is 36.5 Å². The molecule has 0 bridgehead atoms. The summed E-state index contributed by atoms with van der Waals surface area (Å²) in [6.07, 6.45) is 1.09. The average molecular weight is 310 g/mol. The maximum Gasteiger partial charge on any atom is 0.243 e. The Bertz CT molecular complexity index is 620. The van der Waals surface area contributed by atoms with Gasteiger partial charge in [-0.15, -0.1) is 0 Å². The van der Waals surface area contributed by atoms with E-state index in [0.717, 1.165) is 17.9 Å². The Morgan fingerprint density at radius 1 is 1.24 bits per heavy atom. The van der Waals surface area contributed by atoms with Crippen molar-refractivity contribution < 1.29 is 13.2 Å². The van der Waals surface area contributed by atoms with E-state index in [4.69, 9.17) is 4.74 Å². The maximum atomic E-state index is 12.8. The average Bonchev–Trinajstić information content (AvgIpc) is 2.45. The number of piperidine rings is 1. The quantitative estimate of drug-likeness (QED) is 0.909. The van der Waals surface area contributed by atoms with E-state index in [1.165, 1.54) is 0 Å². The number of sulfonamides is 1. The van der Waals surface area contributed by atoms with Gasteiger partial charge in [-0.3, -0.25) is 0 Å². The van der Waals surface area contributed by atoms with Crippen molar-refractivity contribution >= 4 is 15.7 Å². The Balaban J connectivity index is 1.91. The summed E-state index contributed by atoms with van der Waals surface area (Å²) < 4.78 is 32.8. The van der Waals surface area contributed by atoms with Crippen molar-refractivity contribution in [1.82, 2.24) is 4.31 Å². The van der Waals surface area contributed by atoms with Gasteiger partial charge in [-0.25, -0.2) is 8.42 Å². The minimum atomic E-state index is -3.42. The summed E-state index contributed by atoms with van der Waals surface area (Å²) in [7, 11) is -3.42. The highest BCUT2D eigenvalue weighted by molar-refractivity contribution is 7.89. The molecule has 0 aliphatic carbocycles. The van der Waals surface area contributed by atoms with Gasteiger partial charge in [-0.1, -0.05) is 13.8 Å². The molecule has 1 saturated heterocycles. The SMILES string of the molecule is CC1CC(C)CN(S(=O)(=O)c2ccc3c(c2)NCCO3)C1. The molecule has 2 unspecified atom stereocenters. The number of ether oxygens (including phenoxy) is 1. The highest BCUT2D eigenvalue weighted by Gasteiger charge is 2.32. The third-order valence-electron chi connectivity index (χ3n) is 4.10. The monoisotopic (exact) mass is 310 g/mol. The van der Waals surface area contributed by atoms with E-state index in [9.17, 15) is 8.42 Å². The predicted molar refractivity (Wildman–Crippen MR) is 82.1 cm³/mol. The molecular weight excluding hydrogens is 288 g/mol. The number of nitrogens with zero attached hydrogens (tertiary/aromatic N) is 1. The summed E-state index contributed by atoms with van der Waals surface area (Å²) in [6.45, 7) is 6.75. The standard InChI is InChI=1S/C15H22N2O3S/c1-11-7-12(2)10-17(9-11)21(18,19)13-3-4-15-14(8-13)16-5-6-20-15/h3-4,8,11-12,16H,5-7,9-10H2,1-2H3. The van der Waals surface area contributed by atoms with Crippen molar-refractivity contribution in [3.8, 4) is 5.75 Å². The molecular formula is C15H22N2O3S. The van der Waals surface area contributed by atoms with Crippen LogP contribution in [0.25, 0.3) is 0 Å². The highest BCUT2D eigenvalue weighted by Crippen LogP contribution is 2.32. The molecule has 2 atom stereocenters. The minimum absolute atomic E-state index is 0.348. The molecule has 0 saturated carbocycles. The summed E-state index contributed by atoms with van der Waals surface area (Å²) in [4.78, 5) is 0.348. The molecule has 1 aromatic carbocycles. The fraction of sp³-hybridized carbons (Fsp3) is 0.600. The Labute approximate surface area is 126 Å². The number of nitrogens with one attached hydrogen (secondary N) is 1. The summed E-state index contributed by atoms with van der Waals surface area (Å²) >= 11 is 0. The molecule has 21 heavy (non-hydrogen) atoms. The largest absolute Gasteiger partial charge is 0.490 e. The van der Waals surface area contributed by atoms with Crippen LogP contribution >= 0.6 is 0 Å². The van der Waals surface area contributed by atoms with E-state index < -0.39 is 10.0 Å². The molecule has 0 aromatic heterocycles. The van der Waals surface area contributed by atoms with Crippen LogP contribution < -0.4 is 10.1 Å². The lowest BCUT2D eigenvalue weighted by Gasteiger charge is -2.34. The van der Waals surface area contributed by atoms with Gasteiger partial charge in [0.1, 0.15) is 12.4 Å². The summed E-state index contributed by atoms with van der Waals surface area (Å²) in [5.74, 6) is 1.53. The molecule has 2 aliphatic heterocycles. The first kappa shape index (κ1) is 14.7. The molecule has 2 heterocycles. The van der Waals surface area contributed by atoms with Crippen LogP contribution in [-0.4, -0.2) is 39.0 Å². The lowest BCUT2D eigenvalue weighted by molar-refractivity contribution is 0.222. The molecule has 6 heteroatoms. The van der Waals surface area contributed by atoms with Gasteiger partial charge in [0.25, 0.3) is 0 Å². The van der Waals surface area contributed by atoms with Gasteiger partial charge < -0.3 is 10.1 Å². The van der Waals surface area contributed by atoms with E-state index in [1.807, 2.05) is 0 Å². The Morgan fingerprint density at radius 3 is 2.67 bits per heavy atom. The van der Waals surface area contributed by atoms with Crippen LogP contribution in [0.4, 0.5) is 5.69 Å². The van der Waals surface area contributed by atoms with Crippen molar-refractivity contribution in [3.05, 3.63) is 18.2 Å². The van der Waals surface area contributed by atoms with Gasteiger partial charge in [0.15, 0.2) is 0 Å². The molecule has 0 amide bonds. The van der Waals surface area contributed by atoms with Gasteiger partial charge in [0.05, 0.1) is 10.6 Å². The Hall–Kier alpha value is -1.27. The molecule has 0 radical (unpaired) electrons. The number of fused-ring (bicyclic) bond motifs is 1. The van der Waals surface area contributed by atoms with E-state index in [1.54, 1.807) is 22.5 Å². The van der Waals surface area contributed by atoms with Crippen LogP contribution in [-0.2, 0) is 10.0 Å². The molecule has 5 nitrogen and oxygen atoms in total. The van der Waals surface area contributed by atoms with Crippen LogP contribution in [0.15, 0.2) is 23.1 Å². The van der Waals surface area contributed by atoms with Gasteiger partial charge in [0, 0.05) is 19.6 Å². The fourth-order valence-electron chi connectivity index (χ4n) is 3.23. The number of anilines is 1. The Kier molecular flexibility index (Phi) is 3.84. The van der Waals surface area contributed by atoms with Crippen molar-refractivity contribution in [2.24, 2.45) is 11.8 Å². The lowest BCUT2D eigenvalue weighted by atomic mass is 9.94. The van der Waals surface area contributed by atoms with Crippen molar-refractivity contribution in [3.63, 3.8) is 0 Å². The number of hydrogen-bond donors (Lipinski definition) is 1. The van der Waals surface area contributed by atoms with Crippen molar-refractivity contribution in [2.75, 3.05) is 31.6 Å². The summed E-state index contributed by atoms with van der Waals surface area (Å²) in [5.41, 5.74) is 0.764. The van der Waals surface area contributed by atoms with Crippen LogP contribution in [0, 0.1) is 11.8 Å². The molecule has 1 aromatic rings. The first-order chi connectivity index (χ1) is 9.96. The molecule has 0 spiro atoms. The van der Waals surface area contributed by atoms with Crippen LogP contribution in [0.5, 0.6) is 5.75 Å². The molecule has 1 N–H and O–H groups in total. The molecule has 1 fully saturated rings. The zero-order valence-corrected chi connectivity index (χ0v) is 13.3. The molecule has 3 rings (SSSR count). The number of benzene rings is 1. The van der Waals surface area contributed by atoms with Crippen LogP contribution in [0.2, 0.25) is 0 Å². The predicted octanol–water partition coefficient (Wildman–Crippen LogP) is 2.16. The van der Waals surface area contributed by atoms with Crippen LogP contribution in [0.3, 0.4) is 0 Å². The van der Waals surface area contributed by atoms with Crippen molar-refractivity contribution in [1.29, 1.82) is 0 Å². The van der Waals surface area contributed by atoms with E-state index in [2.05, 4.69) is 19.2 Å². The van der Waals surface area contributed by atoms with Gasteiger partial charge >= 0.3 is 0 Å². The molecule has 116 valence electrons. The van der Waals surface area contributed by atoms with E-state index in [0.29, 0.717) is 43.0 Å². The van der Waals surface area contributed by atoms with Crippen LogP contribution in [0.1, 0.15) is 20.3 Å². The number of hydrogen-bond acceptors (Lipinski definition) is 4. The normalized spacial score (nSPS) is 26.6. The summed E-state index contributed by atoms with van der Waals surface area (Å²) in [5, 5.41) is 3.19. The highest BCUT2D eigenvalue weighted by atomic mass is 32.2. The first-order valence-corrected chi connectivity index (χ1v) is 8.91. The Morgan fingerprint density at radius 2 is 1.95 bits per heavy atom. The number of rotatable bonds is 2. The maximum absolute atomic E-state index is 12.8. The second-order valence-corrected chi connectivity index (χ2v) is 8.14. The van der Waals surface area contributed by atoms with Crippen molar-refractivity contribution in [2.45, 2.75) is 25.2 Å². The third-order valence-corrected chi connectivity index (χ3v) is 5.93. The smallest absolute Gasteiger partial charge is 0.243 e. The summed E-state index contributed by atoms with van der Waals surface area (Å²) in [6, 6.07) is 5.07. The molecule has 2 aliphatic rings. The van der Waals surface area contributed by atoms with Gasteiger partial charge in [-0.2, -0.15) is 4.31 Å². The topological polar surface area (TPSA) is 58.6 Å². The first-order valence-electron chi connectivity index (χ1n) is 7.47. The minimum Gasteiger partial charge on any atom is -0.490 e. The lowest BCUT2D eigenvalue weighted by Crippen LogP contribution is -2.42. The second-order valence-electron chi connectivity index (χ2n) is 6.20. The van der Waals surface area contributed by atoms with E-state index >= 15 is 0 Å². The second kappa shape index (κ2) is 5.50. The zero-order valence-electron chi connectivity index (χ0n) is 12.5.